The van der Waals surface area contributed by atoms with Crippen molar-refractivity contribution in [3.05, 3.63) is 29.3 Å². The van der Waals surface area contributed by atoms with E-state index in [1.807, 2.05) is 0 Å². The fourth-order valence-electron chi connectivity index (χ4n) is 1.19. The molecule has 0 heterocycles. The Morgan fingerprint density at radius 1 is 1.40 bits per heavy atom. The van der Waals surface area contributed by atoms with Crippen LogP contribution in [0.3, 0.4) is 0 Å². The van der Waals surface area contributed by atoms with Gasteiger partial charge in [0.25, 0.3) is 0 Å². The molecule has 5 heteroatoms. The van der Waals surface area contributed by atoms with Crippen LogP contribution in [0.5, 0.6) is 0 Å². The molecule has 2 N–H and O–H groups in total. The Labute approximate surface area is 96.7 Å². The van der Waals surface area contributed by atoms with Crippen molar-refractivity contribution in [2.45, 2.75) is 24.7 Å². The first-order valence-corrected chi connectivity index (χ1v) is 8.96. The molecule has 3 nitrogen and oxygen atoms in total. The van der Waals surface area contributed by atoms with E-state index in [0.717, 1.165) is 0 Å². The standard InChI is InChI=1S/C10H14AsClO3/c1-2-10(13)7-11(14,15)8-3-5-9(12)6-4-8/h3-6,10,13H,2,7H2,1H3,(H,14,15). The number of aliphatic hydroxyl groups excluding tert-OH is 1. The number of hydrogen-bond donors (Lipinski definition) is 2. The first-order chi connectivity index (χ1) is 6.95. The van der Waals surface area contributed by atoms with Crippen molar-refractivity contribution in [2.24, 2.45) is 0 Å². The molecule has 15 heavy (non-hydrogen) atoms. The van der Waals surface area contributed by atoms with Crippen LogP contribution in [-0.2, 0) is 3.74 Å². The molecule has 2 unspecified atom stereocenters. The summed E-state index contributed by atoms with van der Waals surface area (Å²) in [5.41, 5.74) is 0. The second kappa shape index (κ2) is 5.22. The van der Waals surface area contributed by atoms with Crippen LogP contribution in [-0.4, -0.2) is 29.1 Å². The number of hydrogen-bond acceptors (Lipinski definition) is 2. The van der Waals surface area contributed by atoms with Crippen molar-refractivity contribution in [2.75, 3.05) is 0 Å². The number of benzene rings is 1. The first kappa shape index (κ1) is 12.9. The van der Waals surface area contributed by atoms with Crippen LogP contribution in [0.15, 0.2) is 24.3 Å². The average Bonchev–Trinajstić information content (AvgIpc) is 2.17. The summed E-state index contributed by atoms with van der Waals surface area (Å²) in [5, 5.41) is 9.85. The number of aliphatic hydroxyl groups is 1. The summed E-state index contributed by atoms with van der Waals surface area (Å²) in [6.07, 6.45) is -0.227. The van der Waals surface area contributed by atoms with Crippen molar-refractivity contribution >= 4 is 29.8 Å². The summed E-state index contributed by atoms with van der Waals surface area (Å²) < 4.78 is 22.1. The third-order valence-electron chi connectivity index (χ3n) is 2.16. The topological polar surface area (TPSA) is 57.5 Å². The predicted octanol–water partition coefficient (Wildman–Crippen LogP) is 1.18. The van der Waals surface area contributed by atoms with E-state index in [0.29, 0.717) is 15.8 Å². The van der Waals surface area contributed by atoms with E-state index in [-0.39, 0.29) is 5.21 Å². The van der Waals surface area contributed by atoms with Crippen LogP contribution in [0.2, 0.25) is 10.2 Å². The van der Waals surface area contributed by atoms with Crippen molar-refractivity contribution in [3.8, 4) is 0 Å². The van der Waals surface area contributed by atoms with Gasteiger partial charge in [-0.15, -0.1) is 0 Å². The molecule has 0 saturated carbocycles. The molecule has 0 radical (unpaired) electrons. The Balaban J connectivity index is 2.86. The molecule has 0 bridgehead atoms. The summed E-state index contributed by atoms with van der Waals surface area (Å²) in [5.74, 6) is 0. The van der Waals surface area contributed by atoms with Gasteiger partial charge in [-0.3, -0.25) is 0 Å². The van der Waals surface area contributed by atoms with E-state index >= 15 is 0 Å². The Hall–Kier alpha value is -0.212. The molecular formula is C10H14AsClO3. The van der Waals surface area contributed by atoms with Gasteiger partial charge in [0.1, 0.15) is 0 Å². The van der Waals surface area contributed by atoms with Crippen LogP contribution < -0.4 is 4.35 Å². The van der Waals surface area contributed by atoms with Gasteiger partial charge in [0, 0.05) is 0 Å². The molecule has 1 rings (SSSR count). The van der Waals surface area contributed by atoms with Gasteiger partial charge in [-0.25, -0.2) is 0 Å². The Morgan fingerprint density at radius 3 is 2.40 bits per heavy atom. The zero-order valence-electron chi connectivity index (χ0n) is 8.43. The molecule has 1 aromatic carbocycles. The van der Waals surface area contributed by atoms with E-state index < -0.39 is 19.9 Å². The van der Waals surface area contributed by atoms with E-state index in [9.17, 15) is 12.9 Å². The third-order valence-corrected chi connectivity index (χ3v) is 6.65. The average molecular weight is 293 g/mol. The van der Waals surface area contributed by atoms with Crippen molar-refractivity contribution < 1.29 is 12.9 Å². The van der Waals surface area contributed by atoms with Gasteiger partial charge in [-0.05, 0) is 0 Å². The normalized spacial score (nSPS) is 17.1. The van der Waals surface area contributed by atoms with E-state index in [2.05, 4.69) is 0 Å². The molecule has 1 aromatic rings. The van der Waals surface area contributed by atoms with Gasteiger partial charge in [-0.2, -0.15) is 0 Å². The van der Waals surface area contributed by atoms with E-state index in [4.69, 9.17) is 11.6 Å². The van der Waals surface area contributed by atoms with Crippen LogP contribution in [0, 0.1) is 0 Å². The zero-order valence-corrected chi connectivity index (χ0v) is 11.1. The first-order valence-electron chi connectivity index (χ1n) is 4.71. The molecule has 0 aliphatic rings. The van der Waals surface area contributed by atoms with Crippen molar-refractivity contribution in [1.82, 2.24) is 0 Å². The third kappa shape index (κ3) is 3.69. The van der Waals surface area contributed by atoms with Crippen molar-refractivity contribution in [1.29, 1.82) is 0 Å². The minimum absolute atomic E-state index is 0.0453. The quantitative estimate of drug-likeness (QED) is 0.820. The summed E-state index contributed by atoms with van der Waals surface area (Å²) in [6.45, 7) is 1.78. The molecule has 0 aromatic heterocycles. The molecule has 0 fully saturated rings. The maximum absolute atomic E-state index is 11.9. The van der Waals surface area contributed by atoms with Gasteiger partial charge >= 0.3 is 96.7 Å². The van der Waals surface area contributed by atoms with Crippen molar-refractivity contribution in [3.63, 3.8) is 0 Å². The van der Waals surface area contributed by atoms with Crippen LogP contribution in [0.1, 0.15) is 13.3 Å². The van der Waals surface area contributed by atoms with Crippen LogP contribution in [0.4, 0.5) is 0 Å². The summed E-state index contributed by atoms with van der Waals surface area (Å²) in [7, 11) is 0. The van der Waals surface area contributed by atoms with Gasteiger partial charge in [-0.1, -0.05) is 0 Å². The van der Waals surface area contributed by atoms with Gasteiger partial charge in [0.2, 0.25) is 0 Å². The molecule has 0 saturated heterocycles. The van der Waals surface area contributed by atoms with E-state index in [1.165, 1.54) is 0 Å². The summed E-state index contributed by atoms with van der Waals surface area (Å²) >= 11 is 1.58. The summed E-state index contributed by atoms with van der Waals surface area (Å²) in [4.78, 5) is 0. The Bertz CT molecular complexity index is 363. The summed E-state index contributed by atoms with van der Waals surface area (Å²) in [6, 6.07) is 6.26. The number of rotatable bonds is 4. The zero-order chi connectivity index (χ0) is 11.5. The Kier molecular flexibility index (Phi) is 4.47. The Morgan fingerprint density at radius 2 is 1.93 bits per heavy atom. The van der Waals surface area contributed by atoms with Gasteiger partial charge < -0.3 is 0 Å². The number of halogens is 1. The second-order valence-electron chi connectivity index (χ2n) is 3.42. The molecule has 2 atom stereocenters. The molecule has 84 valence electrons. The molecule has 0 spiro atoms. The predicted molar refractivity (Wildman–Crippen MR) is 60.9 cm³/mol. The van der Waals surface area contributed by atoms with Gasteiger partial charge in [0.15, 0.2) is 0 Å². The molecule has 0 amide bonds. The second-order valence-corrected chi connectivity index (χ2v) is 8.65. The molecular weight excluding hydrogens is 278 g/mol. The SMILES string of the molecule is CCC(O)C[As](=O)(O)c1ccc(Cl)cc1. The fraction of sp³-hybridized carbons (Fsp3) is 0.400. The molecule has 0 aliphatic carbocycles. The minimum atomic E-state index is -4.10. The van der Waals surface area contributed by atoms with Crippen LogP contribution >= 0.6 is 11.6 Å². The monoisotopic (exact) mass is 292 g/mol. The molecule has 0 aliphatic heterocycles. The van der Waals surface area contributed by atoms with Crippen LogP contribution in [0.25, 0.3) is 0 Å². The fourth-order valence-corrected chi connectivity index (χ4v) is 4.79. The van der Waals surface area contributed by atoms with Gasteiger partial charge in [0.05, 0.1) is 0 Å². The maximum atomic E-state index is 11.9. The van der Waals surface area contributed by atoms with E-state index in [1.54, 1.807) is 31.2 Å².